The highest BCUT2D eigenvalue weighted by atomic mass is 16.6. The van der Waals surface area contributed by atoms with Crippen molar-refractivity contribution >= 4 is 12.1 Å². The van der Waals surface area contributed by atoms with Crippen molar-refractivity contribution in [3.63, 3.8) is 0 Å². The van der Waals surface area contributed by atoms with E-state index in [9.17, 15) is 9.59 Å². The molecule has 6 heteroatoms. The van der Waals surface area contributed by atoms with Gasteiger partial charge in [-0.3, -0.25) is 5.32 Å². The van der Waals surface area contributed by atoms with Crippen LogP contribution in [0.2, 0.25) is 0 Å². The normalized spacial score (nSPS) is 11.9. The Morgan fingerprint density at radius 1 is 1.26 bits per heavy atom. The van der Waals surface area contributed by atoms with E-state index in [-0.39, 0.29) is 12.3 Å². The standard InChI is InChI=1S/C13H23NO5/c1-13(2,3)19-12(17)14-10(11(16)18-4)8-6-5-7-9-15/h8,15H,5-7,9H2,1-4H3,(H,14,17). The van der Waals surface area contributed by atoms with E-state index in [4.69, 9.17) is 9.84 Å². The highest BCUT2D eigenvalue weighted by Crippen LogP contribution is 2.08. The topological polar surface area (TPSA) is 84.9 Å². The molecule has 6 nitrogen and oxygen atoms in total. The Balaban J connectivity index is 4.51. The molecule has 0 aliphatic rings. The van der Waals surface area contributed by atoms with Crippen molar-refractivity contribution in [2.75, 3.05) is 13.7 Å². The molecule has 0 heterocycles. The van der Waals surface area contributed by atoms with Crippen LogP contribution in [0.3, 0.4) is 0 Å². The van der Waals surface area contributed by atoms with Crippen LogP contribution in [-0.2, 0) is 14.3 Å². The van der Waals surface area contributed by atoms with Crippen molar-refractivity contribution in [1.29, 1.82) is 0 Å². The third-order valence-electron chi connectivity index (χ3n) is 2.00. The number of esters is 1. The zero-order valence-electron chi connectivity index (χ0n) is 12.0. The minimum atomic E-state index is -0.702. The van der Waals surface area contributed by atoms with E-state index in [0.29, 0.717) is 19.3 Å². The van der Waals surface area contributed by atoms with Crippen LogP contribution in [0.5, 0.6) is 0 Å². The molecule has 19 heavy (non-hydrogen) atoms. The van der Waals surface area contributed by atoms with Gasteiger partial charge in [-0.15, -0.1) is 0 Å². The van der Waals surface area contributed by atoms with Gasteiger partial charge in [0.15, 0.2) is 0 Å². The number of unbranched alkanes of at least 4 members (excludes halogenated alkanes) is 2. The summed E-state index contributed by atoms with van der Waals surface area (Å²) in [4.78, 5) is 23.0. The summed E-state index contributed by atoms with van der Waals surface area (Å²) >= 11 is 0. The quantitative estimate of drug-likeness (QED) is 0.437. The average Bonchev–Trinajstić information content (AvgIpc) is 2.29. The van der Waals surface area contributed by atoms with Gasteiger partial charge in [0.2, 0.25) is 0 Å². The van der Waals surface area contributed by atoms with Crippen molar-refractivity contribution in [2.45, 2.75) is 45.6 Å². The van der Waals surface area contributed by atoms with E-state index in [1.54, 1.807) is 26.8 Å². The summed E-state index contributed by atoms with van der Waals surface area (Å²) in [6.07, 6.45) is 2.77. The van der Waals surface area contributed by atoms with E-state index in [1.807, 2.05) is 0 Å². The fourth-order valence-electron chi connectivity index (χ4n) is 1.21. The zero-order chi connectivity index (χ0) is 14.9. The number of aliphatic hydroxyl groups excluding tert-OH is 1. The number of hydrogen-bond acceptors (Lipinski definition) is 5. The lowest BCUT2D eigenvalue weighted by Gasteiger charge is -2.20. The molecule has 0 aromatic heterocycles. The number of carbonyl (C=O) groups is 2. The summed E-state index contributed by atoms with van der Waals surface area (Å²) in [7, 11) is 1.24. The van der Waals surface area contributed by atoms with Gasteiger partial charge in [0.25, 0.3) is 0 Å². The number of allylic oxidation sites excluding steroid dienone is 1. The Bertz CT molecular complexity index is 330. The van der Waals surface area contributed by atoms with Gasteiger partial charge >= 0.3 is 12.1 Å². The second kappa shape index (κ2) is 8.53. The predicted molar refractivity (Wildman–Crippen MR) is 70.4 cm³/mol. The summed E-state index contributed by atoms with van der Waals surface area (Å²) < 4.78 is 9.63. The van der Waals surface area contributed by atoms with E-state index >= 15 is 0 Å². The zero-order valence-corrected chi connectivity index (χ0v) is 12.0. The SMILES string of the molecule is COC(=O)C(=CCCCCO)NC(=O)OC(C)(C)C. The number of carbonyl (C=O) groups excluding carboxylic acids is 2. The van der Waals surface area contributed by atoms with Crippen molar-refractivity contribution < 1.29 is 24.2 Å². The minimum Gasteiger partial charge on any atom is -0.464 e. The van der Waals surface area contributed by atoms with Crippen LogP contribution in [-0.4, -0.2) is 36.5 Å². The smallest absolute Gasteiger partial charge is 0.412 e. The molecule has 0 saturated carbocycles. The molecule has 0 aromatic rings. The molecule has 1 amide bonds. The Morgan fingerprint density at radius 3 is 2.37 bits per heavy atom. The largest absolute Gasteiger partial charge is 0.464 e. The number of ether oxygens (including phenoxy) is 2. The fraction of sp³-hybridized carbons (Fsp3) is 0.692. The van der Waals surface area contributed by atoms with Crippen LogP contribution < -0.4 is 5.32 Å². The first kappa shape index (κ1) is 17.4. The van der Waals surface area contributed by atoms with Gasteiger partial charge in [-0.25, -0.2) is 9.59 Å². The maximum absolute atomic E-state index is 11.6. The van der Waals surface area contributed by atoms with E-state index < -0.39 is 17.7 Å². The van der Waals surface area contributed by atoms with Gasteiger partial charge < -0.3 is 14.6 Å². The van der Waals surface area contributed by atoms with Gasteiger partial charge in [0.1, 0.15) is 11.3 Å². The Kier molecular flexibility index (Phi) is 7.83. The Labute approximate surface area is 113 Å². The summed E-state index contributed by atoms with van der Waals surface area (Å²) in [5, 5.41) is 11.0. The van der Waals surface area contributed by atoms with Gasteiger partial charge in [-0.1, -0.05) is 6.08 Å². The molecule has 0 bridgehead atoms. The number of nitrogens with one attached hydrogen (secondary N) is 1. The number of amides is 1. The molecule has 2 N–H and O–H groups in total. The number of hydrogen-bond donors (Lipinski definition) is 2. The van der Waals surface area contributed by atoms with E-state index in [2.05, 4.69) is 10.1 Å². The number of alkyl carbamates (subject to hydrolysis) is 1. The number of aliphatic hydroxyl groups is 1. The lowest BCUT2D eigenvalue weighted by molar-refractivity contribution is -0.136. The van der Waals surface area contributed by atoms with Crippen LogP contribution in [0.25, 0.3) is 0 Å². The first-order valence-electron chi connectivity index (χ1n) is 6.19. The molecule has 0 rings (SSSR count). The molecule has 0 unspecified atom stereocenters. The molecule has 0 saturated heterocycles. The van der Waals surface area contributed by atoms with E-state index in [1.165, 1.54) is 7.11 Å². The van der Waals surface area contributed by atoms with Crippen LogP contribution >= 0.6 is 0 Å². The van der Waals surface area contributed by atoms with Gasteiger partial charge in [0.05, 0.1) is 7.11 Å². The highest BCUT2D eigenvalue weighted by molar-refractivity contribution is 5.92. The Morgan fingerprint density at radius 2 is 1.89 bits per heavy atom. The molecule has 0 spiro atoms. The second-order valence-electron chi connectivity index (χ2n) is 4.96. The van der Waals surface area contributed by atoms with Crippen LogP contribution in [0.1, 0.15) is 40.0 Å². The van der Waals surface area contributed by atoms with Crippen molar-refractivity contribution in [3.8, 4) is 0 Å². The lowest BCUT2D eigenvalue weighted by atomic mass is 10.2. The summed E-state index contributed by atoms with van der Waals surface area (Å²) in [6.45, 7) is 5.29. The van der Waals surface area contributed by atoms with Gasteiger partial charge in [-0.2, -0.15) is 0 Å². The third kappa shape index (κ3) is 9.07. The van der Waals surface area contributed by atoms with Gasteiger partial charge in [0, 0.05) is 6.61 Å². The summed E-state index contributed by atoms with van der Waals surface area (Å²) in [5.41, 5.74) is -0.586. The number of methoxy groups -OCH3 is 1. The predicted octanol–water partition coefficient (Wildman–Crippen LogP) is 1.73. The Hall–Kier alpha value is -1.56. The first-order valence-corrected chi connectivity index (χ1v) is 6.19. The molecule has 0 fully saturated rings. The third-order valence-corrected chi connectivity index (χ3v) is 2.00. The molecule has 0 radical (unpaired) electrons. The molecule has 0 aliphatic carbocycles. The van der Waals surface area contributed by atoms with E-state index in [0.717, 1.165) is 0 Å². The lowest BCUT2D eigenvalue weighted by Crippen LogP contribution is -2.34. The maximum Gasteiger partial charge on any atom is 0.412 e. The van der Waals surface area contributed by atoms with Gasteiger partial charge in [-0.05, 0) is 40.0 Å². The van der Waals surface area contributed by atoms with Crippen molar-refractivity contribution in [1.82, 2.24) is 5.32 Å². The highest BCUT2D eigenvalue weighted by Gasteiger charge is 2.19. The van der Waals surface area contributed by atoms with Crippen molar-refractivity contribution in [3.05, 3.63) is 11.8 Å². The monoisotopic (exact) mass is 273 g/mol. The molecule has 0 atom stereocenters. The average molecular weight is 273 g/mol. The van der Waals surface area contributed by atoms with Crippen molar-refractivity contribution in [2.24, 2.45) is 0 Å². The van der Waals surface area contributed by atoms with Crippen LogP contribution in [0.4, 0.5) is 4.79 Å². The number of rotatable bonds is 6. The summed E-state index contributed by atoms with van der Waals surface area (Å²) in [5.74, 6) is -0.630. The summed E-state index contributed by atoms with van der Waals surface area (Å²) in [6, 6.07) is 0. The molecular weight excluding hydrogens is 250 g/mol. The molecule has 0 aliphatic heterocycles. The first-order chi connectivity index (χ1) is 8.80. The second-order valence-corrected chi connectivity index (χ2v) is 4.96. The molecular formula is C13H23NO5. The van der Waals surface area contributed by atoms with Crippen LogP contribution in [0, 0.1) is 0 Å². The molecule has 110 valence electrons. The minimum absolute atomic E-state index is 0.0506. The molecule has 0 aromatic carbocycles. The maximum atomic E-state index is 11.6. The van der Waals surface area contributed by atoms with Crippen LogP contribution in [0.15, 0.2) is 11.8 Å². The fourth-order valence-corrected chi connectivity index (χ4v) is 1.21.